The number of alkyl halides is 3. The summed E-state index contributed by atoms with van der Waals surface area (Å²) in [5.41, 5.74) is -3.32. The third-order valence-corrected chi connectivity index (χ3v) is 7.41. The average molecular weight is 524 g/mol. The van der Waals surface area contributed by atoms with Crippen molar-refractivity contribution in [2.24, 2.45) is 0 Å². The Balaban J connectivity index is 2.05. The van der Waals surface area contributed by atoms with Gasteiger partial charge in [-0.25, -0.2) is 17.8 Å². The summed E-state index contributed by atoms with van der Waals surface area (Å²) in [6.07, 6.45) is -5.69. The molecule has 0 radical (unpaired) electrons. The number of halogens is 4. The number of para-hydroxylation sites is 1. The molecule has 2 aromatic heterocycles. The molecule has 0 saturated carbocycles. The number of anilines is 2. The number of carbonyl (C=O) groups excluding carboxylic acids is 1. The second-order valence-electron chi connectivity index (χ2n) is 6.48. The van der Waals surface area contributed by atoms with Gasteiger partial charge in [-0.05, 0) is 12.1 Å². The summed E-state index contributed by atoms with van der Waals surface area (Å²) in [6, 6.07) is 5.39. The van der Waals surface area contributed by atoms with Crippen molar-refractivity contribution in [1.29, 1.82) is 0 Å². The number of amides is 1. The SMILES string of the molecule is Nc1nnc(S(=O)(=O)NC2(C(F)(F)F)C(=O)Nc3c2c(=O)[nH]c(=O)n3-c2ccccc2Cl)s1. The van der Waals surface area contributed by atoms with Crippen molar-refractivity contribution >= 4 is 49.8 Å². The normalized spacial score (nSPS) is 18.2. The van der Waals surface area contributed by atoms with E-state index in [-0.39, 0.29) is 27.2 Å². The van der Waals surface area contributed by atoms with Crippen molar-refractivity contribution in [3.63, 3.8) is 0 Å². The molecule has 1 unspecified atom stereocenters. The molecule has 5 N–H and O–H groups in total. The van der Waals surface area contributed by atoms with Gasteiger partial charge in [0.1, 0.15) is 5.82 Å². The number of hydrogen-bond donors (Lipinski definition) is 4. The van der Waals surface area contributed by atoms with Crippen LogP contribution in [-0.4, -0.2) is 40.2 Å². The molecule has 0 spiro atoms. The number of nitrogens with one attached hydrogen (secondary N) is 3. The number of nitrogens with zero attached hydrogens (tertiary/aromatic N) is 3. The van der Waals surface area contributed by atoms with E-state index in [9.17, 15) is 36.0 Å². The van der Waals surface area contributed by atoms with E-state index in [0.29, 0.717) is 4.57 Å². The minimum absolute atomic E-state index is 0.113. The predicted octanol–water partition coefficient (Wildman–Crippen LogP) is 0.301. The lowest BCUT2D eigenvalue weighted by molar-refractivity contribution is -0.194. The second kappa shape index (κ2) is 7.37. The summed E-state index contributed by atoms with van der Waals surface area (Å²) in [5.74, 6) is -2.90. The van der Waals surface area contributed by atoms with Gasteiger partial charge in [0.15, 0.2) is 0 Å². The lowest BCUT2D eigenvalue weighted by atomic mass is 9.93. The van der Waals surface area contributed by atoms with E-state index in [1.165, 1.54) is 29.0 Å². The van der Waals surface area contributed by atoms with Crippen LogP contribution in [0.2, 0.25) is 5.02 Å². The molecule has 0 fully saturated rings. The van der Waals surface area contributed by atoms with Gasteiger partial charge < -0.3 is 11.1 Å². The Labute approximate surface area is 189 Å². The first-order valence-electron chi connectivity index (χ1n) is 8.45. The molecule has 4 rings (SSSR count). The molecule has 1 aliphatic heterocycles. The Morgan fingerprint density at radius 2 is 1.85 bits per heavy atom. The smallest absolute Gasteiger partial charge is 0.374 e. The fraction of sp³-hybridized carbons (Fsp3) is 0.133. The van der Waals surface area contributed by atoms with Crippen LogP contribution in [-0.2, 0) is 20.4 Å². The lowest BCUT2D eigenvalue weighted by Crippen LogP contribution is -2.61. The Kier molecular flexibility index (Phi) is 5.11. The fourth-order valence-electron chi connectivity index (χ4n) is 3.18. The summed E-state index contributed by atoms with van der Waals surface area (Å²) in [4.78, 5) is 39.4. The summed E-state index contributed by atoms with van der Waals surface area (Å²) in [7, 11) is -5.18. The van der Waals surface area contributed by atoms with E-state index in [4.69, 9.17) is 17.3 Å². The first-order valence-corrected chi connectivity index (χ1v) is 11.1. The van der Waals surface area contributed by atoms with E-state index >= 15 is 0 Å². The van der Waals surface area contributed by atoms with Gasteiger partial charge in [0.25, 0.3) is 21.5 Å². The van der Waals surface area contributed by atoms with Crippen LogP contribution in [0.1, 0.15) is 5.56 Å². The van der Waals surface area contributed by atoms with E-state index in [2.05, 4.69) is 10.2 Å². The van der Waals surface area contributed by atoms with Crippen LogP contribution < -0.4 is 27.0 Å². The monoisotopic (exact) mass is 523 g/mol. The zero-order valence-electron chi connectivity index (χ0n) is 15.6. The maximum atomic E-state index is 14.4. The largest absolute Gasteiger partial charge is 0.421 e. The molecular formula is C15H9ClF3N7O5S2. The topological polar surface area (TPSA) is 182 Å². The van der Waals surface area contributed by atoms with Crippen molar-refractivity contribution in [1.82, 2.24) is 24.5 Å². The summed E-state index contributed by atoms with van der Waals surface area (Å²) in [6.45, 7) is 0. The predicted molar refractivity (Wildman–Crippen MR) is 109 cm³/mol. The number of aromatic nitrogens is 4. The summed E-state index contributed by atoms with van der Waals surface area (Å²) < 4.78 is 69.2. The van der Waals surface area contributed by atoms with Crippen LogP contribution >= 0.6 is 22.9 Å². The molecule has 12 nitrogen and oxygen atoms in total. The van der Waals surface area contributed by atoms with Gasteiger partial charge in [-0.2, -0.15) is 17.9 Å². The van der Waals surface area contributed by atoms with Crippen LogP contribution in [0, 0.1) is 0 Å². The van der Waals surface area contributed by atoms with Gasteiger partial charge in [0.05, 0.1) is 16.3 Å². The van der Waals surface area contributed by atoms with E-state index in [0.717, 1.165) is 0 Å². The second-order valence-corrected chi connectivity index (χ2v) is 9.76. The highest BCUT2D eigenvalue weighted by Crippen LogP contribution is 2.46. The first kappa shape index (κ1) is 22.9. The number of carbonyl (C=O) groups is 1. The molecule has 0 saturated heterocycles. The number of fused-ring (bicyclic) bond motifs is 1. The first-order chi connectivity index (χ1) is 15.3. The van der Waals surface area contributed by atoms with Crippen LogP contribution in [0.25, 0.3) is 5.69 Å². The van der Waals surface area contributed by atoms with Crippen LogP contribution in [0.15, 0.2) is 38.2 Å². The zero-order chi connectivity index (χ0) is 24.3. The average Bonchev–Trinajstić information content (AvgIpc) is 3.25. The van der Waals surface area contributed by atoms with E-state index in [1.54, 1.807) is 10.3 Å². The Hall–Kier alpha value is -3.28. The molecule has 18 heteroatoms. The molecular weight excluding hydrogens is 515 g/mol. The van der Waals surface area contributed by atoms with Crippen molar-refractivity contribution in [2.45, 2.75) is 16.1 Å². The minimum Gasteiger partial charge on any atom is -0.374 e. The van der Waals surface area contributed by atoms with Gasteiger partial charge >= 0.3 is 11.9 Å². The van der Waals surface area contributed by atoms with E-state index in [1.807, 2.05) is 0 Å². The van der Waals surface area contributed by atoms with Crippen molar-refractivity contribution in [2.75, 3.05) is 11.1 Å². The number of rotatable bonds is 4. The molecule has 1 aliphatic rings. The molecule has 174 valence electrons. The third kappa shape index (κ3) is 3.39. The van der Waals surface area contributed by atoms with Crippen molar-refractivity contribution in [3.8, 4) is 5.69 Å². The van der Waals surface area contributed by atoms with E-state index < -0.39 is 54.6 Å². The number of nitrogens with two attached hydrogens (primary N) is 1. The molecule has 3 aromatic rings. The van der Waals surface area contributed by atoms with Gasteiger partial charge in [0, 0.05) is 0 Å². The van der Waals surface area contributed by atoms with Crippen molar-refractivity contribution < 1.29 is 26.4 Å². The number of nitrogen functional groups attached to an aromatic ring is 1. The summed E-state index contributed by atoms with van der Waals surface area (Å²) >= 11 is 6.26. The maximum Gasteiger partial charge on any atom is 0.421 e. The maximum absolute atomic E-state index is 14.4. The van der Waals surface area contributed by atoms with Gasteiger partial charge in [-0.1, -0.05) is 35.1 Å². The summed E-state index contributed by atoms with van der Waals surface area (Å²) in [5, 5.41) is 7.69. The molecule has 1 amide bonds. The third-order valence-electron chi connectivity index (χ3n) is 4.52. The fourth-order valence-corrected chi connectivity index (χ4v) is 5.51. The number of aromatic amines is 1. The van der Waals surface area contributed by atoms with Gasteiger partial charge in [-0.15, -0.1) is 10.2 Å². The molecule has 1 atom stereocenters. The minimum atomic E-state index is -5.69. The number of hydrogen-bond acceptors (Lipinski definition) is 9. The molecule has 3 heterocycles. The van der Waals surface area contributed by atoms with Crippen molar-refractivity contribution in [3.05, 3.63) is 55.7 Å². The molecule has 1 aromatic carbocycles. The van der Waals surface area contributed by atoms with Crippen LogP contribution in [0.5, 0.6) is 0 Å². The number of sulfonamides is 1. The Bertz CT molecular complexity index is 1530. The Morgan fingerprint density at radius 3 is 2.42 bits per heavy atom. The highest BCUT2D eigenvalue weighted by molar-refractivity contribution is 7.91. The van der Waals surface area contributed by atoms with Crippen LogP contribution in [0.4, 0.5) is 24.1 Å². The lowest BCUT2D eigenvalue weighted by Gasteiger charge is -2.29. The molecule has 0 aliphatic carbocycles. The molecule has 0 bridgehead atoms. The Morgan fingerprint density at radius 1 is 1.18 bits per heavy atom. The quantitative estimate of drug-likeness (QED) is 0.376. The molecule has 33 heavy (non-hydrogen) atoms. The highest BCUT2D eigenvalue weighted by atomic mass is 35.5. The van der Waals surface area contributed by atoms with Gasteiger partial charge in [0.2, 0.25) is 15.0 Å². The van der Waals surface area contributed by atoms with Crippen LogP contribution in [0.3, 0.4) is 0 Å². The highest BCUT2D eigenvalue weighted by Gasteiger charge is 2.69. The standard InChI is InChI=1S/C15H9ClF3N7O5S2/c16-5-3-1-2-4-6(5)26-8-7(9(27)22-12(26)29)14(10(28)21-8,15(17,18)19)25-33(30,31)13-24-23-11(20)32-13/h1-4,25H,(H2,20,23)(H,21,28)(H,22,27,29). The number of H-pyrrole nitrogens is 1. The van der Waals surface area contributed by atoms with Gasteiger partial charge in [-0.3, -0.25) is 14.6 Å². The zero-order valence-corrected chi connectivity index (χ0v) is 18.0. The number of benzene rings is 1.